The third-order valence-electron chi connectivity index (χ3n) is 2.58. The van der Waals surface area contributed by atoms with E-state index in [1.165, 1.54) is 32.1 Å². The lowest BCUT2D eigenvalue weighted by Gasteiger charge is -1.97. The largest absolute Gasteiger partial charge is 0.300 e. The van der Waals surface area contributed by atoms with Crippen molar-refractivity contribution < 1.29 is 9.59 Å². The molecule has 0 fully saturated rings. The molecule has 0 bridgehead atoms. The zero-order chi connectivity index (χ0) is 14.4. The van der Waals surface area contributed by atoms with Crippen LogP contribution < -0.4 is 0 Å². The highest BCUT2D eigenvalue weighted by molar-refractivity contribution is 5.75. The summed E-state index contributed by atoms with van der Waals surface area (Å²) in [6, 6.07) is 0. The van der Waals surface area contributed by atoms with Gasteiger partial charge in [0.05, 0.1) is 0 Å². The van der Waals surface area contributed by atoms with Crippen LogP contribution in [0.3, 0.4) is 0 Å². The van der Waals surface area contributed by atoms with Crippen molar-refractivity contribution in [3.8, 4) is 0 Å². The molecule has 0 radical (unpaired) electrons. The maximum atomic E-state index is 10.5. The molecule has 0 rings (SSSR count). The van der Waals surface area contributed by atoms with E-state index in [4.69, 9.17) is 0 Å². The van der Waals surface area contributed by atoms with Crippen molar-refractivity contribution in [1.82, 2.24) is 0 Å². The third-order valence-corrected chi connectivity index (χ3v) is 2.58. The molecule has 0 aliphatic rings. The summed E-state index contributed by atoms with van der Waals surface area (Å²) in [7, 11) is 0. The van der Waals surface area contributed by atoms with E-state index in [1.54, 1.807) is 13.8 Å². The average molecular weight is 256 g/mol. The molecule has 18 heavy (non-hydrogen) atoms. The highest BCUT2D eigenvalue weighted by Gasteiger charge is 1.95. The van der Waals surface area contributed by atoms with Crippen molar-refractivity contribution in [1.29, 1.82) is 0 Å². The lowest BCUT2D eigenvalue weighted by Crippen LogP contribution is -1.95. The number of ketones is 2. The van der Waals surface area contributed by atoms with Crippen LogP contribution in [0.4, 0.5) is 0 Å². The molecular weight excluding hydrogens is 224 g/mol. The van der Waals surface area contributed by atoms with Gasteiger partial charge in [-0.25, -0.2) is 0 Å². The monoisotopic (exact) mass is 256 g/mol. The molecule has 0 aromatic carbocycles. The molecule has 0 spiro atoms. The van der Waals surface area contributed by atoms with Gasteiger partial charge >= 0.3 is 0 Å². The Kier molecular flexibility index (Phi) is 15.7. The van der Waals surface area contributed by atoms with E-state index >= 15 is 0 Å². The quantitative estimate of drug-likeness (QED) is 0.547. The van der Waals surface area contributed by atoms with Gasteiger partial charge in [0.1, 0.15) is 11.6 Å². The number of carbonyl (C=O) groups is 2. The van der Waals surface area contributed by atoms with Crippen LogP contribution in [0.15, 0.2) is 0 Å². The van der Waals surface area contributed by atoms with Crippen LogP contribution in [-0.4, -0.2) is 11.6 Å². The number of unbranched alkanes of at least 4 members (excludes halogenated alkanes) is 5. The van der Waals surface area contributed by atoms with E-state index in [1.807, 2.05) is 13.8 Å². The number of Topliss-reactive ketones (excluding diaryl/α,β-unsaturated/α-hetero) is 2. The second kappa shape index (κ2) is 14.4. The maximum Gasteiger partial charge on any atom is 0.130 e. The molecule has 2 nitrogen and oxygen atoms in total. The minimum absolute atomic E-state index is 0.287. The predicted molar refractivity (Wildman–Crippen MR) is 78.8 cm³/mol. The summed E-state index contributed by atoms with van der Waals surface area (Å²) >= 11 is 0. The lowest BCUT2D eigenvalue weighted by atomic mass is 10.1. The Morgan fingerprint density at radius 3 is 1.67 bits per heavy atom. The second-order valence-corrected chi connectivity index (χ2v) is 5.52. The Bertz CT molecular complexity index is 207. The van der Waals surface area contributed by atoms with Crippen molar-refractivity contribution in [2.24, 2.45) is 5.92 Å². The van der Waals surface area contributed by atoms with Crippen LogP contribution in [0.25, 0.3) is 0 Å². The summed E-state index contributed by atoms with van der Waals surface area (Å²) in [5.74, 6) is 1.15. The molecule has 0 saturated heterocycles. The molecule has 0 N–H and O–H groups in total. The minimum atomic E-state index is 0.287. The summed E-state index contributed by atoms with van der Waals surface area (Å²) in [6.07, 6.45) is 9.13. The van der Waals surface area contributed by atoms with E-state index in [-0.39, 0.29) is 5.78 Å². The highest BCUT2D eigenvalue weighted by atomic mass is 16.1. The summed E-state index contributed by atoms with van der Waals surface area (Å²) in [6.45, 7) is 9.60. The van der Waals surface area contributed by atoms with Gasteiger partial charge in [-0.15, -0.1) is 0 Å². The first kappa shape index (κ1) is 19.7. The third kappa shape index (κ3) is 24.5. The van der Waals surface area contributed by atoms with Crippen LogP contribution in [0.2, 0.25) is 0 Å². The van der Waals surface area contributed by atoms with Gasteiger partial charge in [0, 0.05) is 12.8 Å². The Balaban J connectivity index is 0. The standard InChI is InChI=1S/C10H20O.C6H12O/c1-3-4-5-6-7-8-9-10(2)11;1-5(2)4-6(3)7/h3-9H2,1-2H3;5H,4H2,1-3H3. The van der Waals surface area contributed by atoms with Gasteiger partial charge in [0.25, 0.3) is 0 Å². The van der Waals surface area contributed by atoms with Crippen molar-refractivity contribution in [2.75, 3.05) is 0 Å². The smallest absolute Gasteiger partial charge is 0.130 e. The fraction of sp³-hybridized carbons (Fsp3) is 0.875. The Labute approximate surface area is 114 Å². The minimum Gasteiger partial charge on any atom is -0.300 e. The van der Waals surface area contributed by atoms with E-state index in [0.29, 0.717) is 11.7 Å². The first-order valence-electron chi connectivity index (χ1n) is 7.39. The average Bonchev–Trinajstić information content (AvgIpc) is 2.21. The van der Waals surface area contributed by atoms with Gasteiger partial charge in [-0.2, -0.15) is 0 Å². The van der Waals surface area contributed by atoms with Crippen LogP contribution in [0.1, 0.15) is 86.0 Å². The molecule has 0 aromatic rings. The van der Waals surface area contributed by atoms with Gasteiger partial charge < -0.3 is 9.59 Å². The topological polar surface area (TPSA) is 34.1 Å². The summed E-state index contributed by atoms with van der Waals surface area (Å²) in [5.41, 5.74) is 0. The molecule has 2 heteroatoms. The van der Waals surface area contributed by atoms with Gasteiger partial charge in [0.2, 0.25) is 0 Å². The fourth-order valence-corrected chi connectivity index (χ4v) is 1.73. The molecule has 0 atom stereocenters. The van der Waals surface area contributed by atoms with Crippen molar-refractivity contribution in [2.45, 2.75) is 86.0 Å². The lowest BCUT2D eigenvalue weighted by molar-refractivity contribution is -0.118. The fourth-order valence-electron chi connectivity index (χ4n) is 1.73. The second-order valence-electron chi connectivity index (χ2n) is 5.52. The van der Waals surface area contributed by atoms with Gasteiger partial charge in [-0.3, -0.25) is 0 Å². The van der Waals surface area contributed by atoms with Gasteiger partial charge in [-0.05, 0) is 26.2 Å². The number of hydrogen-bond donors (Lipinski definition) is 0. The number of hydrogen-bond acceptors (Lipinski definition) is 2. The Morgan fingerprint density at radius 2 is 1.33 bits per heavy atom. The van der Waals surface area contributed by atoms with Crippen LogP contribution in [0.5, 0.6) is 0 Å². The molecule has 0 amide bonds. The van der Waals surface area contributed by atoms with Crippen molar-refractivity contribution in [3.63, 3.8) is 0 Å². The normalized spacial score (nSPS) is 9.89. The van der Waals surface area contributed by atoms with Crippen molar-refractivity contribution >= 4 is 11.6 Å². The molecule has 0 saturated carbocycles. The maximum absolute atomic E-state index is 10.5. The van der Waals surface area contributed by atoms with E-state index in [9.17, 15) is 9.59 Å². The van der Waals surface area contributed by atoms with Gasteiger partial charge in [-0.1, -0.05) is 52.9 Å². The molecule has 0 heterocycles. The summed E-state index contributed by atoms with van der Waals surface area (Å²) < 4.78 is 0. The SMILES string of the molecule is CC(=O)CC(C)C.CCCCCCCCC(C)=O. The first-order chi connectivity index (χ1) is 8.40. The number of rotatable bonds is 9. The molecule has 0 aromatic heterocycles. The van der Waals surface area contributed by atoms with E-state index in [0.717, 1.165) is 19.3 Å². The Morgan fingerprint density at radius 1 is 0.833 bits per heavy atom. The predicted octanol–water partition coefficient (Wildman–Crippen LogP) is 4.95. The zero-order valence-corrected chi connectivity index (χ0v) is 13.1. The molecule has 0 unspecified atom stereocenters. The van der Waals surface area contributed by atoms with E-state index in [2.05, 4.69) is 6.92 Å². The molecule has 0 aliphatic carbocycles. The van der Waals surface area contributed by atoms with E-state index < -0.39 is 0 Å². The van der Waals surface area contributed by atoms with Crippen LogP contribution in [0, 0.1) is 5.92 Å². The molecular formula is C16H32O2. The highest BCUT2D eigenvalue weighted by Crippen LogP contribution is 2.06. The van der Waals surface area contributed by atoms with Crippen LogP contribution >= 0.6 is 0 Å². The molecule has 0 aliphatic heterocycles. The van der Waals surface area contributed by atoms with Crippen LogP contribution in [-0.2, 0) is 9.59 Å². The number of carbonyl (C=O) groups excluding carboxylic acids is 2. The first-order valence-corrected chi connectivity index (χ1v) is 7.39. The summed E-state index contributed by atoms with van der Waals surface area (Å²) in [4.78, 5) is 20.8. The van der Waals surface area contributed by atoms with Gasteiger partial charge in [0.15, 0.2) is 0 Å². The Hall–Kier alpha value is -0.660. The van der Waals surface area contributed by atoms with Crippen molar-refractivity contribution in [3.05, 3.63) is 0 Å². The zero-order valence-electron chi connectivity index (χ0n) is 13.1. The summed E-state index contributed by atoms with van der Waals surface area (Å²) in [5, 5.41) is 0. The molecule has 108 valence electrons.